The molecule has 0 radical (unpaired) electrons. The number of ether oxygens (including phenoxy) is 2. The van der Waals surface area contributed by atoms with Crippen molar-refractivity contribution in [1.29, 1.82) is 0 Å². The van der Waals surface area contributed by atoms with Crippen LogP contribution < -0.4 is 4.74 Å². The van der Waals surface area contributed by atoms with Crippen molar-refractivity contribution in [3.63, 3.8) is 0 Å². The Morgan fingerprint density at radius 3 is 2.85 bits per heavy atom. The predicted octanol–water partition coefficient (Wildman–Crippen LogP) is 2.36. The van der Waals surface area contributed by atoms with Gasteiger partial charge < -0.3 is 19.5 Å². The highest BCUT2D eigenvalue weighted by Gasteiger charge is 2.31. The number of thiazole rings is 1. The topological polar surface area (TPSA) is 89.0 Å². The Morgan fingerprint density at radius 1 is 1.41 bits per heavy atom. The van der Waals surface area contributed by atoms with Crippen molar-refractivity contribution in [3.05, 3.63) is 52.0 Å². The Hall–Kier alpha value is -2.71. The lowest BCUT2D eigenvalue weighted by Crippen LogP contribution is -2.52. The molecule has 1 aromatic heterocycles. The fourth-order valence-corrected chi connectivity index (χ4v) is 3.24. The Bertz CT molecular complexity index is 831. The Labute approximate surface area is 160 Å². The molecule has 27 heavy (non-hydrogen) atoms. The molecule has 0 saturated carbocycles. The van der Waals surface area contributed by atoms with Gasteiger partial charge in [-0.05, 0) is 30.7 Å². The fraction of sp³-hybridized carbons (Fsp3) is 0.316. The van der Waals surface area contributed by atoms with E-state index in [1.165, 1.54) is 11.0 Å². The average molecular weight is 388 g/mol. The molecule has 2 aromatic rings. The summed E-state index contributed by atoms with van der Waals surface area (Å²) in [5.41, 5.74) is 1.71. The van der Waals surface area contributed by atoms with Crippen LogP contribution in [0.25, 0.3) is 6.08 Å². The van der Waals surface area contributed by atoms with Gasteiger partial charge in [0.1, 0.15) is 12.4 Å². The van der Waals surface area contributed by atoms with Crippen LogP contribution in [0.5, 0.6) is 5.75 Å². The van der Waals surface area contributed by atoms with Crippen molar-refractivity contribution in [3.8, 4) is 5.75 Å². The number of carbonyl (C=O) groups excluding carboxylic acids is 1. The minimum atomic E-state index is -1.06. The first kappa shape index (κ1) is 19.1. The van der Waals surface area contributed by atoms with Crippen LogP contribution in [-0.2, 0) is 20.9 Å². The van der Waals surface area contributed by atoms with Crippen molar-refractivity contribution in [2.45, 2.75) is 19.6 Å². The van der Waals surface area contributed by atoms with E-state index >= 15 is 0 Å². The highest BCUT2D eigenvalue weighted by molar-refractivity contribution is 7.09. The Balaban J connectivity index is 1.56. The minimum Gasteiger partial charge on any atom is -0.487 e. The molecule has 7 nitrogen and oxygen atoms in total. The van der Waals surface area contributed by atoms with E-state index in [0.717, 1.165) is 16.3 Å². The highest BCUT2D eigenvalue weighted by Crippen LogP contribution is 2.16. The molecule has 1 aliphatic rings. The first-order valence-electron chi connectivity index (χ1n) is 8.46. The summed E-state index contributed by atoms with van der Waals surface area (Å²) < 4.78 is 10.8. The summed E-state index contributed by atoms with van der Waals surface area (Å²) in [6, 6.07) is 6.36. The first-order valence-corrected chi connectivity index (χ1v) is 9.34. The number of nitrogens with zero attached hydrogens (tertiary/aromatic N) is 2. The largest absolute Gasteiger partial charge is 0.487 e. The third kappa shape index (κ3) is 5.15. The third-order valence-corrected chi connectivity index (χ3v) is 4.87. The molecule has 2 heterocycles. The zero-order valence-electron chi connectivity index (χ0n) is 14.8. The summed E-state index contributed by atoms with van der Waals surface area (Å²) >= 11 is 1.58. The number of benzene rings is 1. The zero-order valence-corrected chi connectivity index (χ0v) is 15.6. The number of aryl methyl sites for hydroxylation is 1. The quantitative estimate of drug-likeness (QED) is 0.764. The number of rotatable bonds is 6. The molecular weight excluding hydrogens is 368 g/mol. The van der Waals surface area contributed by atoms with Gasteiger partial charge in [-0.15, -0.1) is 11.3 Å². The third-order valence-electron chi connectivity index (χ3n) is 4.05. The summed E-state index contributed by atoms with van der Waals surface area (Å²) in [6.45, 7) is 2.98. The molecule has 1 aromatic carbocycles. The lowest BCUT2D eigenvalue weighted by Gasteiger charge is -2.31. The summed E-state index contributed by atoms with van der Waals surface area (Å²) in [5, 5.41) is 12.2. The number of carboxylic acids is 1. The molecule has 0 aliphatic carbocycles. The normalized spacial score (nSPS) is 17.2. The molecule has 1 atom stereocenters. The molecule has 1 aliphatic heterocycles. The molecule has 1 fully saturated rings. The molecule has 1 amide bonds. The van der Waals surface area contributed by atoms with E-state index in [0.29, 0.717) is 19.0 Å². The van der Waals surface area contributed by atoms with E-state index < -0.39 is 12.0 Å². The monoisotopic (exact) mass is 388 g/mol. The Morgan fingerprint density at radius 2 is 2.19 bits per heavy atom. The van der Waals surface area contributed by atoms with Gasteiger partial charge in [-0.25, -0.2) is 9.78 Å². The molecule has 3 rings (SSSR count). The molecule has 142 valence electrons. The van der Waals surface area contributed by atoms with E-state index in [1.807, 2.05) is 36.6 Å². The number of amides is 1. The first-order chi connectivity index (χ1) is 13.0. The number of aliphatic carboxylic acids is 1. The minimum absolute atomic E-state index is 0.0134. The van der Waals surface area contributed by atoms with Crippen LogP contribution in [0.1, 0.15) is 16.3 Å². The fourth-order valence-electron chi connectivity index (χ4n) is 2.64. The van der Waals surface area contributed by atoms with Crippen LogP contribution in [0, 0.1) is 6.92 Å². The standard InChI is InChI=1S/C19H20N2O5S/c1-13-20-15(12-27-13)10-26-16-5-2-14(3-6-16)4-7-18(22)21-8-9-25-11-17(21)19(23)24/h2-7,12,17H,8-11H2,1H3,(H,23,24). The van der Waals surface area contributed by atoms with Gasteiger partial charge in [0, 0.05) is 18.0 Å². The van der Waals surface area contributed by atoms with Crippen LogP contribution in [0.15, 0.2) is 35.7 Å². The molecule has 0 bridgehead atoms. The second kappa shape index (κ2) is 8.79. The van der Waals surface area contributed by atoms with Gasteiger partial charge in [-0.3, -0.25) is 4.79 Å². The van der Waals surface area contributed by atoms with Gasteiger partial charge in [0.05, 0.1) is 23.9 Å². The summed E-state index contributed by atoms with van der Waals surface area (Å²) in [6.07, 6.45) is 3.04. The van der Waals surface area contributed by atoms with Crippen LogP contribution in [0.3, 0.4) is 0 Å². The number of hydrogen-bond donors (Lipinski definition) is 1. The maximum Gasteiger partial charge on any atom is 0.328 e. The number of carbonyl (C=O) groups is 2. The van der Waals surface area contributed by atoms with Gasteiger partial charge >= 0.3 is 5.97 Å². The number of aromatic nitrogens is 1. The van der Waals surface area contributed by atoms with Gasteiger partial charge in [-0.2, -0.15) is 0 Å². The lowest BCUT2D eigenvalue weighted by atomic mass is 10.2. The van der Waals surface area contributed by atoms with E-state index in [4.69, 9.17) is 9.47 Å². The van der Waals surface area contributed by atoms with Crippen LogP contribution in [0.4, 0.5) is 0 Å². The smallest absolute Gasteiger partial charge is 0.328 e. The van der Waals surface area contributed by atoms with E-state index in [-0.39, 0.29) is 19.1 Å². The van der Waals surface area contributed by atoms with E-state index in [9.17, 15) is 14.7 Å². The second-order valence-electron chi connectivity index (χ2n) is 6.01. The van der Waals surface area contributed by atoms with Crippen molar-refractivity contribution < 1.29 is 24.2 Å². The summed E-state index contributed by atoms with van der Waals surface area (Å²) in [7, 11) is 0. The Kier molecular flexibility index (Phi) is 6.20. The maximum atomic E-state index is 12.3. The van der Waals surface area contributed by atoms with Crippen LogP contribution >= 0.6 is 11.3 Å². The second-order valence-corrected chi connectivity index (χ2v) is 7.07. The van der Waals surface area contributed by atoms with E-state index in [2.05, 4.69) is 4.98 Å². The average Bonchev–Trinajstić information content (AvgIpc) is 3.10. The van der Waals surface area contributed by atoms with Gasteiger partial charge in [0.15, 0.2) is 6.04 Å². The molecule has 8 heteroatoms. The zero-order chi connectivity index (χ0) is 19.2. The molecule has 1 saturated heterocycles. The van der Waals surface area contributed by atoms with Crippen molar-refractivity contribution >= 4 is 29.3 Å². The van der Waals surface area contributed by atoms with E-state index in [1.54, 1.807) is 17.4 Å². The predicted molar refractivity (Wildman–Crippen MR) is 101 cm³/mol. The van der Waals surface area contributed by atoms with Gasteiger partial charge in [0.25, 0.3) is 0 Å². The van der Waals surface area contributed by atoms with Crippen LogP contribution in [0.2, 0.25) is 0 Å². The van der Waals surface area contributed by atoms with Crippen LogP contribution in [-0.4, -0.2) is 52.7 Å². The lowest BCUT2D eigenvalue weighted by molar-refractivity contribution is -0.156. The number of carboxylic acid groups (broad SMARTS) is 1. The number of hydrogen-bond acceptors (Lipinski definition) is 6. The van der Waals surface area contributed by atoms with Crippen molar-refractivity contribution in [2.24, 2.45) is 0 Å². The molecular formula is C19H20N2O5S. The van der Waals surface area contributed by atoms with Crippen molar-refractivity contribution in [2.75, 3.05) is 19.8 Å². The SMILES string of the molecule is Cc1nc(COc2ccc(C=CC(=O)N3CCOCC3C(=O)O)cc2)cs1. The molecule has 0 spiro atoms. The number of morpholine rings is 1. The molecule has 1 unspecified atom stereocenters. The highest BCUT2D eigenvalue weighted by atomic mass is 32.1. The molecule has 1 N–H and O–H groups in total. The van der Waals surface area contributed by atoms with Gasteiger partial charge in [0.2, 0.25) is 5.91 Å². The summed E-state index contributed by atoms with van der Waals surface area (Å²) in [4.78, 5) is 29.2. The van der Waals surface area contributed by atoms with Crippen molar-refractivity contribution in [1.82, 2.24) is 9.88 Å². The summed E-state index contributed by atoms with van der Waals surface area (Å²) in [5.74, 6) is -0.693. The maximum absolute atomic E-state index is 12.3. The van der Waals surface area contributed by atoms with Gasteiger partial charge in [-0.1, -0.05) is 12.1 Å².